The molecule has 0 saturated carbocycles. The van der Waals surface area contributed by atoms with Gasteiger partial charge in [-0.05, 0) is 30.3 Å². The molecular weight excluding hydrogens is 258 g/mol. The van der Waals surface area contributed by atoms with Crippen molar-refractivity contribution in [3.05, 3.63) is 58.6 Å². The molecule has 0 radical (unpaired) electrons. The first-order valence-electron chi connectivity index (χ1n) is 5.02. The highest BCUT2D eigenvalue weighted by atomic mass is 35.5. The maximum atomic E-state index is 13.5. The third kappa shape index (κ3) is 2.41. The van der Waals surface area contributed by atoms with Crippen LogP contribution in [0.25, 0.3) is 0 Å². The topological polar surface area (TPSA) is 35.8 Å². The Kier molecular flexibility index (Phi) is 3.45. The lowest BCUT2D eigenvalue weighted by Gasteiger charge is -2.10. The van der Waals surface area contributed by atoms with E-state index in [0.717, 1.165) is 12.1 Å². The summed E-state index contributed by atoms with van der Waals surface area (Å²) in [4.78, 5) is 0. The van der Waals surface area contributed by atoms with E-state index in [1.165, 1.54) is 24.3 Å². The SMILES string of the molecule is N#Cc1ccc(Cl)cc1Nc1c(F)cccc1F. The van der Waals surface area contributed by atoms with Gasteiger partial charge < -0.3 is 5.32 Å². The zero-order valence-corrected chi connectivity index (χ0v) is 9.80. The number of nitriles is 1. The monoisotopic (exact) mass is 264 g/mol. The average Bonchev–Trinajstić information content (AvgIpc) is 2.34. The van der Waals surface area contributed by atoms with Gasteiger partial charge in [-0.1, -0.05) is 17.7 Å². The minimum Gasteiger partial charge on any atom is -0.350 e. The van der Waals surface area contributed by atoms with Crippen LogP contribution in [0.15, 0.2) is 36.4 Å². The molecule has 2 rings (SSSR count). The minimum absolute atomic E-state index is 0.252. The van der Waals surface area contributed by atoms with E-state index in [1.54, 1.807) is 0 Å². The molecule has 0 saturated heterocycles. The Morgan fingerprint density at radius 1 is 1.11 bits per heavy atom. The summed E-state index contributed by atoms with van der Waals surface area (Å²) in [6.45, 7) is 0. The highest BCUT2D eigenvalue weighted by molar-refractivity contribution is 6.30. The molecule has 0 amide bonds. The van der Waals surface area contributed by atoms with Gasteiger partial charge in [0.15, 0.2) is 0 Å². The Labute approximate surface area is 107 Å². The van der Waals surface area contributed by atoms with Crippen molar-refractivity contribution in [1.29, 1.82) is 5.26 Å². The van der Waals surface area contributed by atoms with E-state index in [1.807, 2.05) is 6.07 Å². The first-order valence-corrected chi connectivity index (χ1v) is 5.40. The summed E-state index contributed by atoms with van der Waals surface area (Å²) in [5.41, 5.74) is 0.201. The van der Waals surface area contributed by atoms with Crippen molar-refractivity contribution in [1.82, 2.24) is 0 Å². The Bertz CT molecular complexity index is 615. The van der Waals surface area contributed by atoms with Gasteiger partial charge in [-0.3, -0.25) is 0 Å². The van der Waals surface area contributed by atoms with Gasteiger partial charge in [0, 0.05) is 5.02 Å². The van der Waals surface area contributed by atoms with Crippen molar-refractivity contribution in [3.8, 4) is 6.07 Å². The van der Waals surface area contributed by atoms with Crippen molar-refractivity contribution >= 4 is 23.0 Å². The third-order valence-electron chi connectivity index (χ3n) is 2.32. The molecule has 18 heavy (non-hydrogen) atoms. The summed E-state index contributed by atoms with van der Waals surface area (Å²) in [6, 6.07) is 9.88. The molecule has 0 unspecified atom stereocenters. The Hall–Kier alpha value is -2.12. The van der Waals surface area contributed by atoms with E-state index < -0.39 is 11.6 Å². The summed E-state index contributed by atoms with van der Waals surface area (Å²) in [5, 5.41) is 11.8. The van der Waals surface area contributed by atoms with E-state index in [4.69, 9.17) is 16.9 Å². The van der Waals surface area contributed by atoms with Crippen LogP contribution in [0.2, 0.25) is 5.02 Å². The number of hydrogen-bond acceptors (Lipinski definition) is 2. The quantitative estimate of drug-likeness (QED) is 0.881. The van der Waals surface area contributed by atoms with E-state index >= 15 is 0 Å². The molecular formula is C13H7ClF2N2. The van der Waals surface area contributed by atoms with Crippen LogP contribution in [0, 0.1) is 23.0 Å². The van der Waals surface area contributed by atoms with Crippen LogP contribution in [-0.2, 0) is 0 Å². The predicted octanol–water partition coefficient (Wildman–Crippen LogP) is 4.23. The van der Waals surface area contributed by atoms with Gasteiger partial charge in [0.05, 0.1) is 11.3 Å². The number of halogens is 3. The van der Waals surface area contributed by atoms with Crippen LogP contribution < -0.4 is 5.32 Å². The standard InChI is InChI=1S/C13H7ClF2N2/c14-9-5-4-8(7-17)12(6-9)18-13-10(15)2-1-3-11(13)16/h1-6,18H. The molecule has 0 atom stereocenters. The number of para-hydroxylation sites is 1. The van der Waals surface area contributed by atoms with Gasteiger partial charge in [0.25, 0.3) is 0 Å². The van der Waals surface area contributed by atoms with Crippen LogP contribution in [-0.4, -0.2) is 0 Å². The number of nitrogens with zero attached hydrogens (tertiary/aromatic N) is 1. The van der Waals surface area contributed by atoms with Gasteiger partial charge in [-0.25, -0.2) is 8.78 Å². The summed E-state index contributed by atoms with van der Waals surface area (Å²) in [5.74, 6) is -1.47. The zero-order chi connectivity index (χ0) is 13.1. The molecule has 90 valence electrons. The van der Waals surface area contributed by atoms with Crippen LogP contribution in [0.3, 0.4) is 0 Å². The van der Waals surface area contributed by atoms with Crippen molar-refractivity contribution in [2.45, 2.75) is 0 Å². The van der Waals surface area contributed by atoms with Crippen molar-refractivity contribution in [2.75, 3.05) is 5.32 Å². The fraction of sp³-hybridized carbons (Fsp3) is 0. The van der Waals surface area contributed by atoms with Crippen LogP contribution in [0.5, 0.6) is 0 Å². The molecule has 0 aromatic heterocycles. The molecule has 2 aromatic rings. The summed E-state index contributed by atoms with van der Waals surface area (Å²) in [7, 11) is 0. The molecule has 2 aromatic carbocycles. The lowest BCUT2D eigenvalue weighted by atomic mass is 10.2. The van der Waals surface area contributed by atoms with Crippen molar-refractivity contribution in [3.63, 3.8) is 0 Å². The van der Waals surface area contributed by atoms with Crippen molar-refractivity contribution in [2.24, 2.45) is 0 Å². The van der Waals surface area contributed by atoms with E-state index in [9.17, 15) is 8.78 Å². The highest BCUT2D eigenvalue weighted by Gasteiger charge is 2.11. The third-order valence-corrected chi connectivity index (χ3v) is 2.56. The molecule has 0 fully saturated rings. The van der Waals surface area contributed by atoms with E-state index in [-0.39, 0.29) is 16.9 Å². The normalized spacial score (nSPS) is 9.89. The van der Waals surface area contributed by atoms with Crippen LogP contribution in [0.4, 0.5) is 20.2 Å². The summed E-state index contributed by atoms with van der Waals surface area (Å²) in [6.07, 6.45) is 0. The molecule has 0 bridgehead atoms. The van der Waals surface area contributed by atoms with E-state index in [2.05, 4.69) is 5.32 Å². The number of anilines is 2. The molecule has 0 aliphatic carbocycles. The first-order chi connectivity index (χ1) is 8.61. The minimum atomic E-state index is -0.737. The Morgan fingerprint density at radius 3 is 2.39 bits per heavy atom. The molecule has 2 nitrogen and oxygen atoms in total. The van der Waals surface area contributed by atoms with Gasteiger partial charge in [-0.2, -0.15) is 5.26 Å². The van der Waals surface area contributed by atoms with E-state index in [0.29, 0.717) is 5.02 Å². The molecule has 0 spiro atoms. The predicted molar refractivity (Wildman–Crippen MR) is 65.8 cm³/mol. The maximum absolute atomic E-state index is 13.5. The average molecular weight is 265 g/mol. The second-order valence-electron chi connectivity index (χ2n) is 3.52. The first kappa shape index (κ1) is 12.3. The summed E-state index contributed by atoms with van der Waals surface area (Å²) >= 11 is 5.78. The fourth-order valence-electron chi connectivity index (χ4n) is 1.47. The molecule has 1 N–H and O–H groups in total. The fourth-order valence-corrected chi connectivity index (χ4v) is 1.64. The number of benzene rings is 2. The van der Waals surface area contributed by atoms with Gasteiger partial charge in [0.1, 0.15) is 23.4 Å². The second kappa shape index (κ2) is 5.03. The van der Waals surface area contributed by atoms with Crippen molar-refractivity contribution < 1.29 is 8.78 Å². The van der Waals surface area contributed by atoms with Crippen LogP contribution >= 0.6 is 11.6 Å². The molecule has 0 aliphatic heterocycles. The van der Waals surface area contributed by atoms with Crippen LogP contribution in [0.1, 0.15) is 5.56 Å². The largest absolute Gasteiger partial charge is 0.350 e. The van der Waals surface area contributed by atoms with Gasteiger partial charge in [0.2, 0.25) is 0 Å². The maximum Gasteiger partial charge on any atom is 0.149 e. The van der Waals surface area contributed by atoms with Gasteiger partial charge >= 0.3 is 0 Å². The lowest BCUT2D eigenvalue weighted by Crippen LogP contribution is -1.99. The Balaban J connectivity index is 2.46. The molecule has 0 aliphatic rings. The second-order valence-corrected chi connectivity index (χ2v) is 3.96. The number of nitrogens with one attached hydrogen (secondary N) is 1. The Morgan fingerprint density at radius 2 is 1.78 bits per heavy atom. The molecule has 5 heteroatoms. The zero-order valence-electron chi connectivity index (χ0n) is 9.05. The smallest absolute Gasteiger partial charge is 0.149 e. The van der Waals surface area contributed by atoms with Gasteiger partial charge in [-0.15, -0.1) is 0 Å². The summed E-state index contributed by atoms with van der Waals surface area (Å²) < 4.78 is 26.9. The molecule has 0 heterocycles. The highest BCUT2D eigenvalue weighted by Crippen LogP contribution is 2.27. The number of hydrogen-bond donors (Lipinski definition) is 1. The lowest BCUT2D eigenvalue weighted by molar-refractivity contribution is 0.591. The number of rotatable bonds is 2.